The van der Waals surface area contributed by atoms with Crippen molar-refractivity contribution in [2.45, 2.75) is 32.5 Å². The number of nitrogens with one attached hydrogen (secondary N) is 1. The van der Waals surface area contributed by atoms with Crippen LogP contribution in [0, 0.1) is 5.92 Å². The fourth-order valence-electron chi connectivity index (χ4n) is 4.48. The third-order valence-corrected chi connectivity index (χ3v) is 6.55. The first-order chi connectivity index (χ1) is 19.5. The van der Waals surface area contributed by atoms with Crippen LogP contribution >= 0.6 is 0 Å². The van der Waals surface area contributed by atoms with E-state index in [1.807, 2.05) is 12.1 Å². The Labute approximate surface area is 235 Å². The molecule has 1 atom stereocenters. The number of nitrogens with zero attached hydrogens (tertiary/aromatic N) is 3. The fourth-order valence-corrected chi connectivity index (χ4v) is 4.48. The number of hydrogen-bond acceptors (Lipinski definition) is 9. The standard InChI is InChI=1S/C29H30N4O8/c1-29(2,3)40-27(36)23(41-33-25(34)21-6-4-5-7-22(21)26(33)35)16-39-20-9-8-18-11-24(31-13-19(18)10-20)30-12-17-14-32(15-17)28(37)38/h4-11,13,17,23H,12,14-16H2,1-3H3,(H,30,31)(H,37,38)/t23-/m0/s1. The molecule has 41 heavy (non-hydrogen) atoms. The van der Waals surface area contributed by atoms with Gasteiger partial charge in [0.15, 0.2) is 0 Å². The number of anilines is 1. The summed E-state index contributed by atoms with van der Waals surface area (Å²) in [4.78, 5) is 60.9. The number of carbonyl (C=O) groups excluding carboxylic acids is 3. The summed E-state index contributed by atoms with van der Waals surface area (Å²) in [6.45, 7) is 6.37. The van der Waals surface area contributed by atoms with E-state index >= 15 is 0 Å². The van der Waals surface area contributed by atoms with Crippen molar-refractivity contribution in [3.63, 3.8) is 0 Å². The van der Waals surface area contributed by atoms with Gasteiger partial charge < -0.3 is 24.8 Å². The lowest BCUT2D eigenvalue weighted by Crippen LogP contribution is -2.51. The molecule has 0 spiro atoms. The predicted octanol–water partition coefficient (Wildman–Crippen LogP) is 3.57. The number of fused-ring (bicyclic) bond motifs is 2. The van der Waals surface area contributed by atoms with Gasteiger partial charge in [-0.25, -0.2) is 19.4 Å². The number of pyridine rings is 1. The number of amides is 3. The van der Waals surface area contributed by atoms with E-state index in [9.17, 15) is 19.2 Å². The Bertz CT molecular complexity index is 1480. The number of carbonyl (C=O) groups is 4. The average Bonchev–Trinajstić information content (AvgIpc) is 3.13. The summed E-state index contributed by atoms with van der Waals surface area (Å²) in [5, 5.41) is 14.4. The quantitative estimate of drug-likeness (QED) is 0.293. The normalized spacial score (nSPS) is 15.9. The monoisotopic (exact) mass is 562 g/mol. The van der Waals surface area contributed by atoms with Crippen molar-refractivity contribution >= 4 is 40.5 Å². The molecular formula is C29H30N4O8. The van der Waals surface area contributed by atoms with Crippen LogP contribution in [0.3, 0.4) is 0 Å². The third kappa shape index (κ3) is 6.22. The van der Waals surface area contributed by atoms with E-state index in [1.165, 1.54) is 17.0 Å². The molecule has 3 aromatic rings. The molecule has 12 heteroatoms. The molecule has 0 aliphatic carbocycles. The molecular weight excluding hydrogens is 532 g/mol. The number of hydroxylamine groups is 2. The number of carboxylic acid groups (broad SMARTS) is 1. The zero-order valence-electron chi connectivity index (χ0n) is 22.8. The third-order valence-electron chi connectivity index (χ3n) is 6.55. The van der Waals surface area contributed by atoms with Crippen LogP contribution in [0.1, 0.15) is 41.5 Å². The van der Waals surface area contributed by atoms with Crippen LogP contribution in [0.25, 0.3) is 10.8 Å². The maximum atomic E-state index is 13.0. The molecule has 0 saturated carbocycles. The highest BCUT2D eigenvalue weighted by Crippen LogP contribution is 2.26. The van der Waals surface area contributed by atoms with E-state index in [1.54, 1.807) is 51.2 Å². The molecule has 0 radical (unpaired) electrons. The Morgan fingerprint density at radius 1 is 1.05 bits per heavy atom. The van der Waals surface area contributed by atoms with Gasteiger partial charge in [-0.1, -0.05) is 18.2 Å². The number of esters is 1. The van der Waals surface area contributed by atoms with E-state index in [2.05, 4.69) is 10.3 Å². The molecule has 2 aliphatic heterocycles. The van der Waals surface area contributed by atoms with E-state index in [-0.39, 0.29) is 23.7 Å². The minimum absolute atomic E-state index is 0.187. The summed E-state index contributed by atoms with van der Waals surface area (Å²) in [6, 6.07) is 13.5. The van der Waals surface area contributed by atoms with E-state index in [4.69, 9.17) is 19.4 Å². The second-order valence-electron chi connectivity index (χ2n) is 10.9. The van der Waals surface area contributed by atoms with Crippen LogP contribution in [0.4, 0.5) is 10.6 Å². The first kappa shape index (κ1) is 27.8. The van der Waals surface area contributed by atoms with Crippen molar-refractivity contribution in [2.75, 3.05) is 31.6 Å². The van der Waals surface area contributed by atoms with Crippen LogP contribution in [-0.2, 0) is 14.4 Å². The topological polar surface area (TPSA) is 148 Å². The second kappa shape index (κ2) is 11.0. The summed E-state index contributed by atoms with van der Waals surface area (Å²) in [5.74, 6) is -0.805. The second-order valence-corrected chi connectivity index (χ2v) is 10.9. The van der Waals surface area contributed by atoms with Gasteiger partial charge >= 0.3 is 12.1 Å². The predicted molar refractivity (Wildman–Crippen MR) is 146 cm³/mol. The molecule has 12 nitrogen and oxygen atoms in total. The summed E-state index contributed by atoms with van der Waals surface area (Å²) in [6.07, 6.45) is -0.633. The first-order valence-corrected chi connectivity index (χ1v) is 13.1. The van der Waals surface area contributed by atoms with Crippen molar-refractivity contribution in [1.82, 2.24) is 14.9 Å². The minimum Gasteiger partial charge on any atom is -0.490 e. The van der Waals surface area contributed by atoms with Gasteiger partial charge in [0, 0.05) is 37.1 Å². The van der Waals surface area contributed by atoms with E-state index < -0.39 is 35.6 Å². The van der Waals surface area contributed by atoms with Crippen molar-refractivity contribution in [3.8, 4) is 5.75 Å². The number of imide groups is 1. The Balaban J connectivity index is 1.24. The van der Waals surface area contributed by atoms with Gasteiger partial charge in [-0.3, -0.25) is 9.59 Å². The van der Waals surface area contributed by atoms with Crippen LogP contribution in [0.15, 0.2) is 54.7 Å². The average molecular weight is 563 g/mol. The van der Waals surface area contributed by atoms with E-state index in [0.717, 1.165) is 10.8 Å². The Hall–Kier alpha value is -4.71. The minimum atomic E-state index is -1.40. The molecule has 214 valence electrons. The van der Waals surface area contributed by atoms with Gasteiger partial charge in [0.05, 0.1) is 11.1 Å². The highest BCUT2D eigenvalue weighted by molar-refractivity contribution is 6.20. The lowest BCUT2D eigenvalue weighted by Gasteiger charge is -2.37. The van der Waals surface area contributed by atoms with Gasteiger partial charge in [0.25, 0.3) is 11.8 Å². The number of aromatic nitrogens is 1. The van der Waals surface area contributed by atoms with Crippen molar-refractivity contribution in [3.05, 3.63) is 65.9 Å². The largest absolute Gasteiger partial charge is 0.490 e. The molecule has 5 rings (SSSR count). The Kier molecular flexibility index (Phi) is 7.50. The van der Waals surface area contributed by atoms with Gasteiger partial charge in [0.2, 0.25) is 6.10 Å². The molecule has 2 aliphatic rings. The molecule has 1 aromatic heterocycles. The molecule has 3 heterocycles. The molecule has 0 bridgehead atoms. The van der Waals surface area contributed by atoms with Crippen LogP contribution in [0.2, 0.25) is 0 Å². The van der Waals surface area contributed by atoms with Crippen LogP contribution in [-0.4, -0.2) is 81.9 Å². The van der Waals surface area contributed by atoms with Crippen molar-refractivity contribution in [2.24, 2.45) is 5.92 Å². The highest BCUT2D eigenvalue weighted by Gasteiger charge is 2.40. The van der Waals surface area contributed by atoms with Crippen LogP contribution < -0.4 is 10.1 Å². The lowest BCUT2D eigenvalue weighted by atomic mass is 10.0. The molecule has 2 N–H and O–H groups in total. The van der Waals surface area contributed by atoms with Gasteiger partial charge in [0.1, 0.15) is 23.8 Å². The van der Waals surface area contributed by atoms with Crippen molar-refractivity contribution in [1.29, 1.82) is 0 Å². The smallest absolute Gasteiger partial charge is 0.407 e. The molecule has 1 fully saturated rings. The number of likely N-dealkylation sites (tertiary alicyclic amines) is 1. The molecule has 2 aromatic carbocycles. The maximum Gasteiger partial charge on any atom is 0.407 e. The van der Waals surface area contributed by atoms with Crippen molar-refractivity contribution < 1.29 is 38.6 Å². The maximum absolute atomic E-state index is 13.0. The Morgan fingerprint density at radius 3 is 2.37 bits per heavy atom. The summed E-state index contributed by atoms with van der Waals surface area (Å²) in [5.41, 5.74) is -0.464. The Morgan fingerprint density at radius 2 is 1.73 bits per heavy atom. The number of ether oxygens (including phenoxy) is 2. The van der Waals surface area contributed by atoms with E-state index in [0.29, 0.717) is 36.3 Å². The van der Waals surface area contributed by atoms with Gasteiger partial charge in [-0.15, -0.1) is 5.06 Å². The number of benzene rings is 2. The molecule has 0 unspecified atom stereocenters. The molecule has 1 saturated heterocycles. The number of rotatable bonds is 9. The zero-order chi connectivity index (χ0) is 29.3. The van der Waals surface area contributed by atoms with Gasteiger partial charge in [-0.2, -0.15) is 0 Å². The zero-order valence-corrected chi connectivity index (χ0v) is 22.8. The van der Waals surface area contributed by atoms with Gasteiger partial charge in [-0.05, 0) is 56.5 Å². The number of hydrogen-bond donors (Lipinski definition) is 2. The fraction of sp³-hybridized carbons (Fsp3) is 0.345. The summed E-state index contributed by atoms with van der Waals surface area (Å²) in [7, 11) is 0. The highest BCUT2D eigenvalue weighted by atomic mass is 16.7. The summed E-state index contributed by atoms with van der Waals surface area (Å²) >= 11 is 0. The van der Waals surface area contributed by atoms with Crippen LogP contribution in [0.5, 0.6) is 5.75 Å². The SMILES string of the molecule is CC(C)(C)OC(=O)[C@H](COc1ccc2cc(NCC3CN(C(=O)O)C3)ncc2c1)ON1C(=O)c2ccccc2C1=O. The summed E-state index contributed by atoms with van der Waals surface area (Å²) < 4.78 is 11.3. The molecule has 3 amide bonds. The first-order valence-electron chi connectivity index (χ1n) is 13.1. The lowest BCUT2D eigenvalue weighted by molar-refractivity contribution is -0.193.